The van der Waals surface area contributed by atoms with Crippen LogP contribution in [-0.2, 0) is 16.1 Å². The first-order chi connectivity index (χ1) is 17.2. The Morgan fingerprint density at radius 1 is 1.25 bits per heavy atom. The number of nitrogens with zero attached hydrogens (tertiary/aromatic N) is 4. The van der Waals surface area contributed by atoms with Crippen molar-refractivity contribution in [1.82, 2.24) is 9.88 Å². The average molecular weight is 502 g/mol. The number of nitrogens with one attached hydrogen (secondary N) is 1. The number of morpholine rings is 1. The molecule has 0 spiro atoms. The van der Waals surface area contributed by atoms with E-state index in [1.54, 1.807) is 11.1 Å². The van der Waals surface area contributed by atoms with Crippen molar-refractivity contribution < 1.29 is 22.7 Å². The van der Waals surface area contributed by atoms with E-state index in [1.165, 1.54) is 4.90 Å². The third kappa shape index (κ3) is 4.41. The van der Waals surface area contributed by atoms with Crippen molar-refractivity contribution in [3.63, 3.8) is 0 Å². The zero-order valence-electron chi connectivity index (χ0n) is 20.2. The lowest BCUT2D eigenvalue weighted by Crippen LogP contribution is -2.45. The highest BCUT2D eigenvalue weighted by molar-refractivity contribution is 6.00. The lowest BCUT2D eigenvalue weighted by molar-refractivity contribution is -0.149. The summed E-state index contributed by atoms with van der Waals surface area (Å²) in [6, 6.07) is 10.2. The van der Waals surface area contributed by atoms with Gasteiger partial charge in [0.25, 0.3) is 0 Å². The molecular formula is C26H30F3N5O2. The van der Waals surface area contributed by atoms with Crippen LogP contribution in [0.1, 0.15) is 31.7 Å². The zero-order chi connectivity index (χ0) is 25.1. The third-order valence-electron chi connectivity index (χ3n) is 7.92. The van der Waals surface area contributed by atoms with E-state index in [4.69, 9.17) is 4.74 Å². The molecule has 3 fully saturated rings. The van der Waals surface area contributed by atoms with Gasteiger partial charge in [0.15, 0.2) is 0 Å². The van der Waals surface area contributed by atoms with Gasteiger partial charge in [-0.3, -0.25) is 9.69 Å². The van der Waals surface area contributed by atoms with Gasteiger partial charge in [0.2, 0.25) is 5.91 Å². The van der Waals surface area contributed by atoms with Gasteiger partial charge in [-0.1, -0.05) is 6.07 Å². The molecule has 0 saturated carbocycles. The SMILES string of the molecule is C[C@@]12C[C@@H](CO1)N(c1ccc3c(c1)N(C(=O)C1CCN(CC(F)(F)F)CC1)Cc1cccnc1N3)C2. The lowest BCUT2D eigenvalue weighted by Gasteiger charge is -2.35. The summed E-state index contributed by atoms with van der Waals surface area (Å²) in [6.07, 6.45) is -0.696. The van der Waals surface area contributed by atoms with Gasteiger partial charge in [0.1, 0.15) is 5.82 Å². The highest BCUT2D eigenvalue weighted by Crippen LogP contribution is 2.44. The fraction of sp³-hybridized carbons (Fsp3) is 0.538. The molecule has 0 radical (unpaired) electrons. The molecule has 2 aromatic rings. The second-order valence-electron chi connectivity index (χ2n) is 10.7. The third-order valence-corrected chi connectivity index (χ3v) is 7.92. The highest BCUT2D eigenvalue weighted by atomic mass is 19.4. The summed E-state index contributed by atoms with van der Waals surface area (Å²) < 4.78 is 44.5. The van der Waals surface area contributed by atoms with E-state index in [1.807, 2.05) is 18.2 Å². The van der Waals surface area contributed by atoms with Gasteiger partial charge in [0.05, 0.1) is 42.7 Å². The number of halogens is 3. The smallest absolute Gasteiger partial charge is 0.371 e. The van der Waals surface area contributed by atoms with Crippen LogP contribution >= 0.6 is 0 Å². The van der Waals surface area contributed by atoms with Gasteiger partial charge >= 0.3 is 6.18 Å². The van der Waals surface area contributed by atoms with Gasteiger partial charge < -0.3 is 19.9 Å². The molecular weight excluding hydrogens is 471 g/mol. The van der Waals surface area contributed by atoms with Crippen LogP contribution in [-0.4, -0.2) is 66.4 Å². The molecule has 1 amide bonds. The van der Waals surface area contributed by atoms with Crippen LogP contribution in [0, 0.1) is 5.92 Å². The minimum absolute atomic E-state index is 0.0446. The van der Waals surface area contributed by atoms with Gasteiger partial charge in [-0.25, -0.2) is 4.98 Å². The molecule has 0 unspecified atom stereocenters. The van der Waals surface area contributed by atoms with E-state index in [-0.39, 0.29) is 30.5 Å². The number of amides is 1. The Kier molecular flexibility index (Phi) is 5.64. The molecule has 1 aromatic carbocycles. The number of pyridine rings is 1. The first-order valence-corrected chi connectivity index (χ1v) is 12.5. The Morgan fingerprint density at radius 2 is 2.06 bits per heavy atom. The van der Waals surface area contributed by atoms with E-state index in [0.29, 0.717) is 37.9 Å². The van der Waals surface area contributed by atoms with E-state index < -0.39 is 12.7 Å². The minimum atomic E-state index is -4.23. The molecule has 4 aliphatic rings. The van der Waals surface area contributed by atoms with E-state index >= 15 is 0 Å². The fourth-order valence-electron chi connectivity index (χ4n) is 6.11. The molecule has 10 heteroatoms. The molecule has 6 rings (SSSR count). The number of aromatic nitrogens is 1. The zero-order valence-corrected chi connectivity index (χ0v) is 20.2. The highest BCUT2D eigenvalue weighted by Gasteiger charge is 2.48. The topological polar surface area (TPSA) is 60.9 Å². The Hall–Kier alpha value is -2.85. The van der Waals surface area contributed by atoms with Crippen molar-refractivity contribution >= 4 is 28.8 Å². The lowest BCUT2D eigenvalue weighted by atomic mass is 9.94. The normalized spacial score (nSPS) is 26.4. The van der Waals surface area contributed by atoms with Crippen molar-refractivity contribution in [2.45, 2.75) is 50.6 Å². The van der Waals surface area contributed by atoms with Crippen LogP contribution in [0.15, 0.2) is 36.5 Å². The summed E-state index contributed by atoms with van der Waals surface area (Å²) >= 11 is 0. The van der Waals surface area contributed by atoms with Gasteiger partial charge in [-0.2, -0.15) is 13.2 Å². The molecule has 4 aliphatic heterocycles. The monoisotopic (exact) mass is 501 g/mol. The molecule has 5 heterocycles. The summed E-state index contributed by atoms with van der Waals surface area (Å²) in [6.45, 7) is 3.60. The number of carbonyl (C=O) groups is 1. The predicted molar refractivity (Wildman–Crippen MR) is 130 cm³/mol. The average Bonchev–Trinajstić information content (AvgIpc) is 3.33. The minimum Gasteiger partial charge on any atom is -0.371 e. The molecule has 1 N–H and O–H groups in total. The molecule has 0 aliphatic carbocycles. The van der Waals surface area contributed by atoms with Crippen molar-refractivity contribution in [2.24, 2.45) is 5.92 Å². The largest absolute Gasteiger partial charge is 0.401 e. The predicted octanol–water partition coefficient (Wildman–Crippen LogP) is 4.31. The standard InChI is InChI=1S/C26H30F3N5O2/c1-25-12-20(14-36-25)34(15-25)19-4-5-21-22(11-19)33(13-18-3-2-8-30-23(18)31-21)24(35)17-6-9-32(10-7-17)16-26(27,28)29/h2-5,8,11,17,20H,6-7,9-10,12-16H2,1H3,(H,30,31)/t20-,25-/m0/s1. The number of fused-ring (bicyclic) bond motifs is 4. The van der Waals surface area contributed by atoms with E-state index in [0.717, 1.165) is 35.6 Å². The number of hydrogen-bond acceptors (Lipinski definition) is 6. The second-order valence-corrected chi connectivity index (χ2v) is 10.7. The maximum absolute atomic E-state index is 13.9. The maximum atomic E-state index is 13.9. The van der Waals surface area contributed by atoms with Gasteiger partial charge in [-0.05, 0) is 57.1 Å². The number of anilines is 4. The molecule has 2 atom stereocenters. The number of carbonyl (C=O) groups excluding carboxylic acids is 1. The molecule has 192 valence electrons. The van der Waals surface area contributed by atoms with E-state index in [9.17, 15) is 18.0 Å². The van der Waals surface area contributed by atoms with Gasteiger partial charge in [-0.15, -0.1) is 0 Å². The Morgan fingerprint density at radius 3 is 2.75 bits per heavy atom. The number of alkyl halides is 3. The first-order valence-electron chi connectivity index (χ1n) is 12.5. The quantitative estimate of drug-likeness (QED) is 0.677. The van der Waals surface area contributed by atoms with E-state index in [2.05, 4.69) is 34.3 Å². The Bertz CT molecular complexity index is 1170. The maximum Gasteiger partial charge on any atom is 0.401 e. The van der Waals surface area contributed by atoms with Crippen LogP contribution in [0.25, 0.3) is 0 Å². The van der Waals surface area contributed by atoms with Crippen LogP contribution in [0.2, 0.25) is 0 Å². The van der Waals surface area contributed by atoms with Crippen LogP contribution in [0.4, 0.5) is 36.1 Å². The molecule has 1 aromatic heterocycles. The van der Waals surface area contributed by atoms with Crippen LogP contribution in [0.3, 0.4) is 0 Å². The first kappa shape index (κ1) is 23.5. The van der Waals surface area contributed by atoms with Crippen molar-refractivity contribution in [3.05, 3.63) is 42.1 Å². The van der Waals surface area contributed by atoms with Crippen molar-refractivity contribution in [1.29, 1.82) is 0 Å². The molecule has 2 bridgehead atoms. The number of benzene rings is 1. The molecule has 7 nitrogen and oxygen atoms in total. The van der Waals surface area contributed by atoms with Crippen LogP contribution < -0.4 is 15.1 Å². The van der Waals surface area contributed by atoms with Crippen molar-refractivity contribution in [2.75, 3.05) is 47.9 Å². The fourth-order valence-corrected chi connectivity index (χ4v) is 6.11. The Labute approximate surface area is 208 Å². The summed E-state index contributed by atoms with van der Waals surface area (Å²) in [5.41, 5.74) is 3.38. The van der Waals surface area contributed by atoms with Crippen LogP contribution in [0.5, 0.6) is 0 Å². The summed E-state index contributed by atoms with van der Waals surface area (Å²) in [4.78, 5) is 23.9. The van der Waals surface area contributed by atoms with Gasteiger partial charge in [0, 0.05) is 36.3 Å². The number of piperidine rings is 1. The molecule has 36 heavy (non-hydrogen) atoms. The Balaban J connectivity index is 1.29. The number of rotatable bonds is 3. The number of likely N-dealkylation sites (tertiary alicyclic amines) is 1. The van der Waals surface area contributed by atoms with Crippen molar-refractivity contribution in [3.8, 4) is 0 Å². The summed E-state index contributed by atoms with van der Waals surface area (Å²) in [5.74, 6) is 0.346. The summed E-state index contributed by atoms with van der Waals surface area (Å²) in [5, 5.41) is 3.40. The number of hydrogen-bond donors (Lipinski definition) is 1. The number of ether oxygens (including phenoxy) is 1. The summed E-state index contributed by atoms with van der Waals surface area (Å²) in [7, 11) is 0. The molecule has 3 saturated heterocycles. The second kappa shape index (κ2) is 8.62.